The summed E-state index contributed by atoms with van der Waals surface area (Å²) in [4.78, 5) is 25.1. The number of rotatable bonds is 6. The lowest BCUT2D eigenvalue weighted by Gasteiger charge is -2.32. The number of anilines is 2. The van der Waals surface area contributed by atoms with Crippen molar-refractivity contribution in [1.82, 2.24) is 4.31 Å². The number of sulfonamides is 1. The zero-order chi connectivity index (χ0) is 24.5. The molecule has 2 aromatic carbocycles. The Balaban J connectivity index is 1.46. The molecule has 34 heavy (non-hydrogen) atoms. The van der Waals surface area contributed by atoms with Crippen LogP contribution in [0.4, 0.5) is 11.4 Å². The van der Waals surface area contributed by atoms with Gasteiger partial charge in [0.1, 0.15) is 5.75 Å². The van der Waals surface area contributed by atoms with Gasteiger partial charge in [-0.15, -0.1) is 0 Å². The summed E-state index contributed by atoms with van der Waals surface area (Å²) < 4.78 is 34.1. The van der Waals surface area contributed by atoms with Crippen LogP contribution >= 0.6 is 0 Å². The van der Waals surface area contributed by atoms with Crippen LogP contribution in [0.25, 0.3) is 0 Å². The lowest BCUT2D eigenvalue weighted by Crippen LogP contribution is -2.41. The van der Waals surface area contributed by atoms with Gasteiger partial charge in [-0.2, -0.15) is 4.31 Å². The molecule has 2 aliphatic heterocycles. The summed E-state index contributed by atoms with van der Waals surface area (Å²) in [5.74, 6) is -0.186. The van der Waals surface area contributed by atoms with Crippen molar-refractivity contribution in [2.75, 3.05) is 23.7 Å². The molecule has 2 aliphatic rings. The normalized spacial score (nSPS) is 19.1. The van der Waals surface area contributed by atoms with Gasteiger partial charge in [0.25, 0.3) is 5.91 Å². The minimum Gasteiger partial charge on any atom is -0.478 e. The number of hydrogen-bond acceptors (Lipinski definition) is 5. The largest absolute Gasteiger partial charge is 0.478 e. The molecule has 0 radical (unpaired) electrons. The van der Waals surface area contributed by atoms with Crippen LogP contribution in [0.1, 0.15) is 44.2 Å². The molecule has 4 rings (SSSR count). The average Bonchev–Trinajstić information content (AvgIpc) is 2.83. The van der Waals surface area contributed by atoms with E-state index in [-0.39, 0.29) is 35.7 Å². The van der Waals surface area contributed by atoms with E-state index in [1.54, 1.807) is 13.0 Å². The lowest BCUT2D eigenvalue weighted by atomic mass is 9.97. The minimum atomic E-state index is -3.77. The zero-order valence-electron chi connectivity index (χ0n) is 19.8. The highest BCUT2D eigenvalue weighted by atomic mass is 32.2. The smallest absolute Gasteiger partial charge is 0.265 e. The number of carbonyl (C=O) groups is 2. The number of hydrogen-bond donors (Lipinski definition) is 2. The van der Waals surface area contributed by atoms with Crippen molar-refractivity contribution in [2.24, 2.45) is 5.92 Å². The van der Waals surface area contributed by atoms with E-state index in [0.717, 1.165) is 17.7 Å². The van der Waals surface area contributed by atoms with Crippen molar-refractivity contribution in [3.8, 4) is 5.75 Å². The van der Waals surface area contributed by atoms with Crippen LogP contribution in [-0.2, 0) is 26.0 Å². The fourth-order valence-electron chi connectivity index (χ4n) is 4.51. The Morgan fingerprint density at radius 2 is 1.88 bits per heavy atom. The first-order valence-corrected chi connectivity index (χ1v) is 13.2. The summed E-state index contributed by atoms with van der Waals surface area (Å²) in [6, 6.07) is 10.9. The van der Waals surface area contributed by atoms with Gasteiger partial charge >= 0.3 is 0 Å². The minimum absolute atomic E-state index is 0.0716. The summed E-state index contributed by atoms with van der Waals surface area (Å²) in [6.07, 6.45) is 1.57. The predicted molar refractivity (Wildman–Crippen MR) is 130 cm³/mol. The molecule has 2 amide bonds. The van der Waals surface area contributed by atoms with Gasteiger partial charge < -0.3 is 15.4 Å². The lowest BCUT2D eigenvalue weighted by molar-refractivity contribution is -0.123. The fourth-order valence-corrected chi connectivity index (χ4v) is 6.21. The summed E-state index contributed by atoms with van der Waals surface area (Å²) >= 11 is 0. The molecule has 1 unspecified atom stereocenters. The van der Waals surface area contributed by atoms with Gasteiger partial charge in [0.05, 0.1) is 10.6 Å². The Morgan fingerprint density at radius 1 is 1.18 bits per heavy atom. The molecule has 1 saturated heterocycles. The molecule has 0 aliphatic carbocycles. The van der Waals surface area contributed by atoms with Gasteiger partial charge in [-0.05, 0) is 55.9 Å². The molecule has 9 heteroatoms. The second-order valence-electron chi connectivity index (χ2n) is 8.80. The number of fused-ring (bicyclic) bond motifs is 1. The van der Waals surface area contributed by atoms with Crippen molar-refractivity contribution in [2.45, 2.75) is 57.5 Å². The van der Waals surface area contributed by atoms with Gasteiger partial charge in [0.2, 0.25) is 15.9 Å². The van der Waals surface area contributed by atoms with Crippen molar-refractivity contribution in [3.63, 3.8) is 0 Å². The molecule has 182 valence electrons. The molecule has 1 fully saturated rings. The van der Waals surface area contributed by atoms with E-state index in [2.05, 4.69) is 10.6 Å². The maximum absolute atomic E-state index is 13.4. The maximum atomic E-state index is 13.4. The van der Waals surface area contributed by atoms with Crippen molar-refractivity contribution >= 4 is 33.2 Å². The van der Waals surface area contributed by atoms with E-state index in [1.807, 2.05) is 38.1 Å². The number of para-hydroxylation sites is 1. The summed E-state index contributed by atoms with van der Waals surface area (Å²) in [5.41, 5.74) is 2.90. The molecule has 2 N–H and O–H groups in total. The number of carbonyl (C=O) groups excluding carboxylic acids is 2. The number of amides is 2. The first kappa shape index (κ1) is 24.2. The standard InChI is InChI=1S/C25H31N3O5S/c1-4-17-8-6-7-9-19(17)26-24(29)18-10-12-28(13-11-18)34(31,32)23-15-22-20(14-16(23)3)27-25(30)21(5-2)33-22/h6-9,14-15,18,21H,4-5,10-13H2,1-3H3,(H,26,29)(H,27,30). The van der Waals surface area contributed by atoms with E-state index in [0.29, 0.717) is 36.3 Å². The highest BCUT2D eigenvalue weighted by Crippen LogP contribution is 2.36. The fraction of sp³-hybridized carbons (Fsp3) is 0.440. The van der Waals surface area contributed by atoms with Crippen LogP contribution in [0.15, 0.2) is 41.3 Å². The third-order valence-corrected chi connectivity index (χ3v) is 8.61. The molecule has 2 aromatic rings. The van der Waals surface area contributed by atoms with E-state index in [9.17, 15) is 18.0 Å². The van der Waals surface area contributed by atoms with E-state index >= 15 is 0 Å². The highest BCUT2D eigenvalue weighted by molar-refractivity contribution is 7.89. The van der Waals surface area contributed by atoms with E-state index in [1.165, 1.54) is 10.4 Å². The molecule has 0 spiro atoms. The number of benzene rings is 2. The molecule has 2 heterocycles. The second-order valence-corrected chi connectivity index (χ2v) is 10.7. The zero-order valence-corrected chi connectivity index (χ0v) is 20.6. The molecule has 8 nitrogen and oxygen atoms in total. The molecule has 0 saturated carbocycles. The Hall–Kier alpha value is -2.91. The topological polar surface area (TPSA) is 105 Å². The number of aryl methyl sites for hydroxylation is 2. The average molecular weight is 486 g/mol. The summed E-state index contributed by atoms with van der Waals surface area (Å²) in [5, 5.41) is 5.80. The van der Waals surface area contributed by atoms with Crippen molar-refractivity contribution in [1.29, 1.82) is 0 Å². The van der Waals surface area contributed by atoms with Crippen LogP contribution in [-0.4, -0.2) is 43.7 Å². The number of nitrogens with one attached hydrogen (secondary N) is 2. The number of ether oxygens (including phenoxy) is 1. The van der Waals surface area contributed by atoms with Crippen LogP contribution in [0.5, 0.6) is 5.75 Å². The predicted octanol–water partition coefficient (Wildman–Crippen LogP) is 3.71. The first-order valence-electron chi connectivity index (χ1n) is 11.8. The van der Waals surface area contributed by atoms with Crippen molar-refractivity contribution < 1.29 is 22.7 Å². The van der Waals surface area contributed by atoms with Crippen molar-refractivity contribution in [3.05, 3.63) is 47.5 Å². The third kappa shape index (κ3) is 4.67. The molecule has 1 atom stereocenters. The van der Waals surface area contributed by atoms with Crippen LogP contribution in [0, 0.1) is 12.8 Å². The van der Waals surface area contributed by atoms with Gasteiger partial charge in [0, 0.05) is 30.8 Å². The van der Waals surface area contributed by atoms with Gasteiger partial charge in [-0.25, -0.2) is 8.42 Å². The Morgan fingerprint density at radius 3 is 2.56 bits per heavy atom. The van der Waals surface area contributed by atoms with Crippen LogP contribution in [0.3, 0.4) is 0 Å². The molecular weight excluding hydrogens is 454 g/mol. The Bertz CT molecular complexity index is 1200. The quantitative estimate of drug-likeness (QED) is 0.649. The Kier molecular flexibility index (Phi) is 6.95. The van der Waals surface area contributed by atoms with E-state index < -0.39 is 16.1 Å². The first-order chi connectivity index (χ1) is 16.2. The third-order valence-electron chi connectivity index (χ3n) is 6.57. The highest BCUT2D eigenvalue weighted by Gasteiger charge is 2.35. The molecular formula is C25H31N3O5S. The summed E-state index contributed by atoms with van der Waals surface area (Å²) in [7, 11) is -3.77. The van der Waals surface area contributed by atoms with Crippen LogP contribution in [0.2, 0.25) is 0 Å². The summed E-state index contributed by atoms with van der Waals surface area (Å²) in [6.45, 7) is 6.11. The van der Waals surface area contributed by atoms with Crippen LogP contribution < -0.4 is 15.4 Å². The SMILES string of the molecule is CCc1ccccc1NC(=O)C1CCN(S(=O)(=O)c2cc3c(cc2C)NC(=O)C(CC)O3)CC1. The Labute approximate surface area is 200 Å². The van der Waals surface area contributed by atoms with E-state index in [4.69, 9.17) is 4.74 Å². The molecule has 0 bridgehead atoms. The monoisotopic (exact) mass is 485 g/mol. The molecule has 0 aromatic heterocycles. The maximum Gasteiger partial charge on any atom is 0.265 e. The van der Waals surface area contributed by atoms with Gasteiger partial charge in [-0.3, -0.25) is 9.59 Å². The number of piperidine rings is 1. The van der Waals surface area contributed by atoms with Gasteiger partial charge in [0.15, 0.2) is 6.10 Å². The number of nitrogens with zero attached hydrogens (tertiary/aromatic N) is 1. The second kappa shape index (κ2) is 9.76. The van der Waals surface area contributed by atoms with Gasteiger partial charge in [-0.1, -0.05) is 32.0 Å².